The van der Waals surface area contributed by atoms with Crippen molar-refractivity contribution in [3.05, 3.63) is 97.1 Å². The monoisotopic (exact) mass is 474 g/mol. The number of thiophene rings is 1. The number of para-hydroxylation sites is 1. The van der Waals surface area contributed by atoms with Crippen LogP contribution in [0.1, 0.15) is 34.0 Å². The number of aryl methyl sites for hydroxylation is 2. The Hall–Kier alpha value is -3.23. The minimum absolute atomic E-state index is 0.0828. The van der Waals surface area contributed by atoms with Gasteiger partial charge >= 0.3 is 0 Å². The Morgan fingerprint density at radius 3 is 2.55 bits per heavy atom. The number of aromatic nitrogens is 4. The zero-order valence-electron chi connectivity index (χ0n) is 18.5. The predicted octanol–water partition coefficient (Wildman–Crippen LogP) is 5.21. The van der Waals surface area contributed by atoms with Gasteiger partial charge in [0.1, 0.15) is 10.7 Å². The molecule has 0 fully saturated rings. The van der Waals surface area contributed by atoms with E-state index in [0.29, 0.717) is 33.8 Å². The number of benzene rings is 2. The van der Waals surface area contributed by atoms with Crippen molar-refractivity contribution in [2.45, 2.75) is 37.7 Å². The van der Waals surface area contributed by atoms with Gasteiger partial charge in [-0.25, -0.2) is 9.97 Å². The molecule has 3 heterocycles. The number of aromatic amines is 1. The van der Waals surface area contributed by atoms with Crippen LogP contribution in [0.25, 0.3) is 21.1 Å². The quantitative estimate of drug-likeness (QED) is 0.279. The van der Waals surface area contributed by atoms with Gasteiger partial charge in [0.15, 0.2) is 5.16 Å². The first kappa shape index (κ1) is 21.6. The van der Waals surface area contributed by atoms with Gasteiger partial charge in [-0.15, -0.1) is 11.3 Å². The molecule has 1 N–H and O–H groups in total. The molecule has 0 radical (unpaired) electrons. The Labute approximate surface area is 198 Å². The van der Waals surface area contributed by atoms with Crippen molar-refractivity contribution >= 4 is 44.2 Å². The summed E-state index contributed by atoms with van der Waals surface area (Å²) in [6.07, 6.45) is 0. The van der Waals surface area contributed by atoms with E-state index in [1.165, 1.54) is 23.1 Å². The van der Waals surface area contributed by atoms with Crippen LogP contribution in [-0.2, 0) is 6.54 Å². The highest BCUT2D eigenvalue weighted by atomic mass is 32.2. The lowest BCUT2D eigenvalue weighted by Gasteiger charge is -2.16. The van der Waals surface area contributed by atoms with Gasteiger partial charge in [0, 0.05) is 4.88 Å². The van der Waals surface area contributed by atoms with Crippen molar-refractivity contribution in [3.63, 3.8) is 0 Å². The number of nitrogens with one attached hydrogen (secondary N) is 1. The molecule has 0 aliphatic carbocycles. The maximum Gasteiger partial charge on any atom is 0.262 e. The Morgan fingerprint density at radius 1 is 1.03 bits per heavy atom. The van der Waals surface area contributed by atoms with E-state index >= 15 is 0 Å². The highest BCUT2D eigenvalue weighted by Gasteiger charge is 2.20. The number of rotatable bonds is 5. The fraction of sp³-hybridized carbons (Fsp3) is 0.200. The van der Waals surface area contributed by atoms with Gasteiger partial charge in [-0.05, 0) is 44.0 Å². The van der Waals surface area contributed by atoms with Crippen LogP contribution in [0.3, 0.4) is 0 Å². The average molecular weight is 475 g/mol. The van der Waals surface area contributed by atoms with Gasteiger partial charge in [-0.3, -0.25) is 14.2 Å². The Bertz CT molecular complexity index is 1600. The second kappa shape index (κ2) is 8.61. The molecule has 0 bridgehead atoms. The van der Waals surface area contributed by atoms with Gasteiger partial charge in [0.2, 0.25) is 0 Å². The number of hydrogen-bond acceptors (Lipinski definition) is 6. The third kappa shape index (κ3) is 4.00. The molecule has 5 aromatic rings. The predicted molar refractivity (Wildman–Crippen MR) is 136 cm³/mol. The van der Waals surface area contributed by atoms with Gasteiger partial charge in [-0.2, -0.15) is 0 Å². The molecule has 0 saturated carbocycles. The number of fused-ring (bicyclic) bond motifs is 2. The van der Waals surface area contributed by atoms with E-state index in [1.807, 2.05) is 69.3 Å². The SMILES string of the molecule is Cc1sc2nc(C(C)Sc3nc4ccccc4c(=O)n3Cc3ccccc3)[nH]c(=O)c2c1C. The second-order valence-corrected chi connectivity index (χ2v) is 10.5. The molecule has 5 rings (SSSR count). The normalized spacial score (nSPS) is 12.5. The van der Waals surface area contributed by atoms with Crippen LogP contribution < -0.4 is 11.1 Å². The van der Waals surface area contributed by atoms with Gasteiger partial charge < -0.3 is 4.98 Å². The molecular formula is C25H22N4O2S2. The first-order valence-corrected chi connectivity index (χ1v) is 12.3. The molecule has 1 unspecified atom stereocenters. The van der Waals surface area contributed by atoms with E-state index in [0.717, 1.165) is 20.8 Å². The van der Waals surface area contributed by atoms with Crippen LogP contribution in [0.4, 0.5) is 0 Å². The average Bonchev–Trinajstić information content (AvgIpc) is 3.10. The summed E-state index contributed by atoms with van der Waals surface area (Å²) in [5.74, 6) is 0.576. The molecule has 1 atom stereocenters. The zero-order chi connectivity index (χ0) is 23.1. The standard InChI is InChI=1S/C25H22N4O2S2/c1-14-15(2)32-23-20(14)22(30)27-21(28-23)16(3)33-25-26-19-12-8-7-11-18(19)24(31)29(25)13-17-9-5-4-6-10-17/h4-12,16H,13H2,1-3H3,(H,27,28,30). The molecular weight excluding hydrogens is 452 g/mol. The molecule has 8 heteroatoms. The number of hydrogen-bond donors (Lipinski definition) is 1. The maximum atomic E-state index is 13.4. The molecule has 0 spiro atoms. The van der Waals surface area contributed by atoms with Crippen molar-refractivity contribution in [2.75, 3.05) is 0 Å². The van der Waals surface area contributed by atoms with Crippen LogP contribution in [0.15, 0.2) is 69.3 Å². The first-order chi connectivity index (χ1) is 15.9. The van der Waals surface area contributed by atoms with Crippen LogP contribution in [0, 0.1) is 13.8 Å². The summed E-state index contributed by atoms with van der Waals surface area (Å²) in [6, 6.07) is 17.2. The summed E-state index contributed by atoms with van der Waals surface area (Å²) < 4.78 is 1.70. The van der Waals surface area contributed by atoms with E-state index in [9.17, 15) is 9.59 Å². The summed E-state index contributed by atoms with van der Waals surface area (Å²) in [4.78, 5) is 40.5. The van der Waals surface area contributed by atoms with E-state index in [4.69, 9.17) is 9.97 Å². The van der Waals surface area contributed by atoms with Gasteiger partial charge in [0.05, 0.1) is 28.1 Å². The summed E-state index contributed by atoms with van der Waals surface area (Å²) in [5, 5.41) is 1.63. The zero-order valence-corrected chi connectivity index (χ0v) is 20.1. The third-order valence-corrected chi connectivity index (χ3v) is 7.94. The van der Waals surface area contributed by atoms with Crippen molar-refractivity contribution in [1.29, 1.82) is 0 Å². The van der Waals surface area contributed by atoms with Crippen molar-refractivity contribution in [1.82, 2.24) is 19.5 Å². The van der Waals surface area contributed by atoms with Crippen LogP contribution in [0.5, 0.6) is 0 Å². The van der Waals surface area contributed by atoms with Crippen molar-refractivity contribution in [2.24, 2.45) is 0 Å². The van der Waals surface area contributed by atoms with Crippen LogP contribution in [0.2, 0.25) is 0 Å². The highest BCUT2D eigenvalue weighted by molar-refractivity contribution is 7.99. The number of thioether (sulfide) groups is 1. The fourth-order valence-corrected chi connectivity index (χ4v) is 5.82. The van der Waals surface area contributed by atoms with E-state index in [-0.39, 0.29) is 16.4 Å². The molecule has 0 aliphatic rings. The molecule has 33 heavy (non-hydrogen) atoms. The lowest BCUT2D eigenvalue weighted by Crippen LogP contribution is -2.24. The smallest absolute Gasteiger partial charge is 0.262 e. The maximum absolute atomic E-state index is 13.4. The summed E-state index contributed by atoms with van der Waals surface area (Å²) in [5.41, 5.74) is 2.44. The molecule has 166 valence electrons. The van der Waals surface area contributed by atoms with E-state index < -0.39 is 0 Å². The van der Waals surface area contributed by atoms with Crippen molar-refractivity contribution < 1.29 is 0 Å². The molecule has 0 aliphatic heterocycles. The molecule has 2 aromatic carbocycles. The third-order valence-electron chi connectivity index (χ3n) is 5.73. The Balaban J connectivity index is 1.59. The second-order valence-electron chi connectivity index (χ2n) is 7.96. The number of H-pyrrole nitrogens is 1. The van der Waals surface area contributed by atoms with Crippen LogP contribution in [-0.4, -0.2) is 19.5 Å². The summed E-state index contributed by atoms with van der Waals surface area (Å²) in [6.45, 7) is 6.33. The molecule has 0 saturated heterocycles. The minimum atomic E-state index is -0.208. The lowest BCUT2D eigenvalue weighted by molar-refractivity contribution is 0.656. The molecule has 6 nitrogen and oxygen atoms in total. The minimum Gasteiger partial charge on any atom is -0.309 e. The summed E-state index contributed by atoms with van der Waals surface area (Å²) >= 11 is 2.95. The Kier molecular flexibility index (Phi) is 5.64. The number of nitrogens with zero attached hydrogens (tertiary/aromatic N) is 3. The summed E-state index contributed by atoms with van der Waals surface area (Å²) in [7, 11) is 0. The molecule has 0 amide bonds. The van der Waals surface area contributed by atoms with Gasteiger partial charge in [0.25, 0.3) is 11.1 Å². The fourth-order valence-electron chi connectivity index (χ4n) is 3.82. The van der Waals surface area contributed by atoms with Crippen molar-refractivity contribution in [3.8, 4) is 0 Å². The molecule has 3 aromatic heterocycles. The largest absolute Gasteiger partial charge is 0.309 e. The van der Waals surface area contributed by atoms with E-state index in [2.05, 4.69) is 4.98 Å². The van der Waals surface area contributed by atoms with Gasteiger partial charge in [-0.1, -0.05) is 54.2 Å². The lowest BCUT2D eigenvalue weighted by atomic mass is 10.2. The first-order valence-electron chi connectivity index (χ1n) is 10.6. The van der Waals surface area contributed by atoms with Crippen LogP contribution >= 0.6 is 23.1 Å². The highest BCUT2D eigenvalue weighted by Crippen LogP contribution is 2.34. The Morgan fingerprint density at radius 2 is 1.76 bits per heavy atom. The van der Waals surface area contributed by atoms with E-state index in [1.54, 1.807) is 10.6 Å². The topological polar surface area (TPSA) is 80.6 Å².